The van der Waals surface area contributed by atoms with Crippen molar-refractivity contribution >= 4 is 17.6 Å². The van der Waals surface area contributed by atoms with Gasteiger partial charge in [-0.05, 0) is 66.2 Å². The lowest BCUT2D eigenvalue weighted by atomic mass is 9.65. The molecule has 3 fully saturated rings. The molecule has 2 saturated heterocycles. The Kier molecular flexibility index (Phi) is 9.38. The maximum Gasteiger partial charge on any atom is 0.303 e. The highest BCUT2D eigenvalue weighted by atomic mass is 16.7. The van der Waals surface area contributed by atoms with Gasteiger partial charge in [-0.25, -0.2) is 0 Å². The van der Waals surface area contributed by atoms with Gasteiger partial charge in [-0.3, -0.25) is 14.5 Å². The van der Waals surface area contributed by atoms with E-state index in [1.165, 1.54) is 19.3 Å². The third kappa shape index (κ3) is 7.78. The van der Waals surface area contributed by atoms with Gasteiger partial charge in [0, 0.05) is 49.6 Å². The molecular formula is C34H46N2O6. The van der Waals surface area contributed by atoms with Crippen LogP contribution >= 0.6 is 0 Å². The molecule has 1 saturated carbocycles. The van der Waals surface area contributed by atoms with Crippen molar-refractivity contribution in [1.82, 2.24) is 4.90 Å². The second kappa shape index (κ2) is 12.8. The van der Waals surface area contributed by atoms with E-state index in [2.05, 4.69) is 31.0 Å². The molecule has 0 radical (unpaired) electrons. The number of hydrogen-bond acceptors (Lipinski definition) is 6. The molecule has 1 aliphatic carbocycles. The van der Waals surface area contributed by atoms with Gasteiger partial charge in [-0.2, -0.15) is 0 Å². The van der Waals surface area contributed by atoms with Crippen LogP contribution in [0.1, 0.15) is 101 Å². The molecule has 5 atom stereocenters. The molecule has 8 heteroatoms. The van der Waals surface area contributed by atoms with Crippen molar-refractivity contribution in [2.75, 3.05) is 18.4 Å². The minimum Gasteiger partial charge on any atom is -0.481 e. The summed E-state index contributed by atoms with van der Waals surface area (Å²) in [6.45, 7) is 9.23. The smallest absolute Gasteiger partial charge is 0.303 e. The van der Waals surface area contributed by atoms with E-state index in [0.717, 1.165) is 36.2 Å². The van der Waals surface area contributed by atoms with Gasteiger partial charge in [-0.15, -0.1) is 0 Å². The second-order valence-electron chi connectivity index (χ2n) is 13.8. The molecule has 0 aromatic heterocycles. The number of aliphatic carboxylic acids is 1. The number of unbranched alkanes of at least 4 members (excludes halogenated alkanes) is 1. The van der Waals surface area contributed by atoms with Crippen molar-refractivity contribution in [2.45, 2.75) is 103 Å². The zero-order valence-corrected chi connectivity index (χ0v) is 25.2. The van der Waals surface area contributed by atoms with E-state index in [1.54, 1.807) is 0 Å². The van der Waals surface area contributed by atoms with Gasteiger partial charge in [-0.1, -0.05) is 57.2 Å². The molecule has 2 aromatic carbocycles. The minimum atomic E-state index is -0.841. The topological polar surface area (TPSA) is 108 Å². The summed E-state index contributed by atoms with van der Waals surface area (Å²) in [6, 6.07) is 16.1. The lowest BCUT2D eigenvalue weighted by molar-refractivity contribution is -0.253. The average Bonchev–Trinajstić information content (AvgIpc) is 3.18. The van der Waals surface area contributed by atoms with Gasteiger partial charge in [0.1, 0.15) is 0 Å². The fourth-order valence-electron chi connectivity index (χ4n) is 7.59. The highest BCUT2D eigenvalue weighted by Crippen LogP contribution is 2.53. The molecule has 5 rings (SSSR count). The molecule has 8 nitrogen and oxygen atoms in total. The van der Waals surface area contributed by atoms with Gasteiger partial charge in [0.05, 0.1) is 18.8 Å². The Morgan fingerprint density at radius 1 is 0.952 bits per heavy atom. The van der Waals surface area contributed by atoms with Crippen molar-refractivity contribution < 1.29 is 29.3 Å². The molecule has 2 heterocycles. The van der Waals surface area contributed by atoms with Gasteiger partial charge in [0.15, 0.2) is 6.29 Å². The summed E-state index contributed by atoms with van der Waals surface area (Å²) in [5, 5.41) is 21.2. The third-order valence-electron chi connectivity index (χ3n) is 9.09. The third-order valence-corrected chi connectivity index (χ3v) is 9.09. The van der Waals surface area contributed by atoms with Crippen LogP contribution in [0.2, 0.25) is 0 Å². The molecule has 228 valence electrons. The number of rotatable bonds is 11. The molecule has 2 bridgehead atoms. The maximum atomic E-state index is 12.3. The summed E-state index contributed by atoms with van der Waals surface area (Å²) >= 11 is 0. The Balaban J connectivity index is 1.27. The number of carbonyl (C=O) groups is 2. The molecule has 1 amide bonds. The highest BCUT2D eigenvalue weighted by molar-refractivity contribution is 5.90. The van der Waals surface area contributed by atoms with Crippen LogP contribution in [0, 0.1) is 10.8 Å². The van der Waals surface area contributed by atoms with Crippen LogP contribution in [0.15, 0.2) is 48.5 Å². The molecule has 3 N–H and O–H groups in total. The number of aliphatic hydroxyl groups excluding tert-OH is 1. The number of carbonyl (C=O) groups excluding carboxylic acids is 1. The summed E-state index contributed by atoms with van der Waals surface area (Å²) in [6.07, 6.45) is 5.20. The number of amides is 1. The zero-order chi connectivity index (χ0) is 29.9. The van der Waals surface area contributed by atoms with Crippen LogP contribution in [0.5, 0.6) is 0 Å². The van der Waals surface area contributed by atoms with Crippen molar-refractivity contribution in [2.24, 2.45) is 10.8 Å². The van der Waals surface area contributed by atoms with E-state index in [1.807, 2.05) is 48.5 Å². The summed E-state index contributed by atoms with van der Waals surface area (Å²) < 4.78 is 13.2. The van der Waals surface area contributed by atoms with Crippen molar-refractivity contribution in [1.29, 1.82) is 0 Å². The first-order valence-electron chi connectivity index (χ1n) is 15.4. The molecule has 2 aliphatic heterocycles. The van der Waals surface area contributed by atoms with Crippen LogP contribution < -0.4 is 5.32 Å². The monoisotopic (exact) mass is 578 g/mol. The summed E-state index contributed by atoms with van der Waals surface area (Å²) in [4.78, 5) is 25.6. The van der Waals surface area contributed by atoms with Gasteiger partial charge >= 0.3 is 5.97 Å². The first kappa shape index (κ1) is 30.7. The fourth-order valence-corrected chi connectivity index (χ4v) is 7.59. The summed E-state index contributed by atoms with van der Waals surface area (Å²) in [5.74, 6) is -0.969. The van der Waals surface area contributed by atoms with Crippen molar-refractivity contribution in [3.63, 3.8) is 0 Å². The molecule has 2 aromatic rings. The second-order valence-corrected chi connectivity index (χ2v) is 13.8. The number of hydrogen-bond donors (Lipinski definition) is 3. The van der Waals surface area contributed by atoms with E-state index in [9.17, 15) is 14.7 Å². The lowest BCUT2D eigenvalue weighted by Crippen LogP contribution is -2.42. The number of nitrogens with zero attached hydrogens (tertiary/aromatic N) is 1. The predicted octanol–water partition coefficient (Wildman–Crippen LogP) is 6.21. The van der Waals surface area contributed by atoms with Crippen LogP contribution in [-0.4, -0.2) is 52.2 Å². The Morgan fingerprint density at radius 3 is 2.33 bits per heavy atom. The van der Waals surface area contributed by atoms with Crippen LogP contribution in [0.25, 0.3) is 0 Å². The predicted molar refractivity (Wildman–Crippen MR) is 161 cm³/mol. The minimum absolute atomic E-state index is 0.00233. The SMILES string of the molecule is CC1(C)CC2CC(C)(CN2C[C@@H]2C[C@H](c3ccc(CO)cc3)O[C@H](c3ccc(NC(=O)CCCCC(=O)O)cc3)O2)C1. The standard InChI is InChI=1S/C34H46N2O6/c1-33(2)17-27-18-34(3,21-33)22-36(27)19-28-16-29(24-10-8-23(20-37)9-11-24)42-32(41-28)25-12-14-26(15-13-25)35-30(38)6-4-5-7-31(39)40/h8-15,27-29,32,37H,4-7,16-22H2,1-3H3,(H,35,38)(H,39,40)/t27?,28-,29+,32+,34?/m0/s1. The number of nitrogens with one attached hydrogen (secondary N) is 1. The van der Waals surface area contributed by atoms with Crippen LogP contribution in [0.3, 0.4) is 0 Å². The number of ether oxygens (including phenoxy) is 2. The number of fused-ring (bicyclic) bond motifs is 2. The van der Waals surface area contributed by atoms with E-state index >= 15 is 0 Å². The highest BCUT2D eigenvalue weighted by Gasteiger charge is 2.50. The number of carboxylic acids is 1. The number of benzene rings is 2. The maximum absolute atomic E-state index is 12.3. The van der Waals surface area contributed by atoms with Crippen LogP contribution in [0.4, 0.5) is 5.69 Å². The Hall–Kier alpha value is -2.78. The number of carboxylic acid groups (broad SMARTS) is 1. The Labute approximate surface area is 249 Å². The van der Waals surface area contributed by atoms with Crippen molar-refractivity contribution in [3.05, 3.63) is 65.2 Å². The van der Waals surface area contributed by atoms with Gasteiger partial charge in [0.2, 0.25) is 5.91 Å². The molecular weight excluding hydrogens is 532 g/mol. The number of aliphatic hydroxyl groups is 1. The molecule has 3 aliphatic rings. The van der Waals surface area contributed by atoms with E-state index in [-0.39, 0.29) is 37.6 Å². The van der Waals surface area contributed by atoms with Gasteiger partial charge in [0.25, 0.3) is 0 Å². The van der Waals surface area contributed by atoms with E-state index in [4.69, 9.17) is 14.6 Å². The lowest BCUT2D eigenvalue weighted by Gasteiger charge is -2.41. The summed E-state index contributed by atoms with van der Waals surface area (Å²) in [7, 11) is 0. The number of anilines is 1. The normalized spacial score (nSPS) is 28.9. The van der Waals surface area contributed by atoms with Crippen LogP contribution in [-0.2, 0) is 25.7 Å². The van der Waals surface area contributed by atoms with E-state index < -0.39 is 12.3 Å². The molecule has 0 spiro atoms. The summed E-state index contributed by atoms with van der Waals surface area (Å²) in [5.41, 5.74) is 4.24. The zero-order valence-electron chi connectivity index (χ0n) is 25.2. The largest absolute Gasteiger partial charge is 0.481 e. The molecule has 42 heavy (non-hydrogen) atoms. The Bertz CT molecular complexity index is 1230. The van der Waals surface area contributed by atoms with Gasteiger partial charge < -0.3 is 25.0 Å². The Morgan fingerprint density at radius 2 is 1.64 bits per heavy atom. The van der Waals surface area contributed by atoms with E-state index in [0.29, 0.717) is 35.4 Å². The first-order chi connectivity index (χ1) is 20.0. The quantitative estimate of drug-likeness (QED) is 0.272. The van der Waals surface area contributed by atoms with Crippen molar-refractivity contribution in [3.8, 4) is 0 Å². The fraction of sp³-hybridized carbons (Fsp3) is 0.588. The average molecular weight is 579 g/mol. The first-order valence-corrected chi connectivity index (χ1v) is 15.4. The number of likely N-dealkylation sites (tertiary alicyclic amines) is 1. The molecule has 2 unspecified atom stereocenters.